The lowest BCUT2D eigenvalue weighted by Gasteiger charge is -2.22. The molecule has 0 aliphatic heterocycles. The zero-order chi connectivity index (χ0) is 16.4. The molecule has 2 aromatic rings. The molecule has 23 heavy (non-hydrogen) atoms. The Morgan fingerprint density at radius 3 is 2.87 bits per heavy atom. The lowest BCUT2D eigenvalue weighted by molar-refractivity contribution is -0.122. The summed E-state index contributed by atoms with van der Waals surface area (Å²) in [4.78, 5) is 16.3. The normalized spacial score (nSPS) is 24.0. The van der Waals surface area contributed by atoms with E-state index in [1.807, 2.05) is 35.4 Å². The van der Waals surface area contributed by atoms with Gasteiger partial charge in [-0.05, 0) is 32.8 Å². The van der Waals surface area contributed by atoms with Crippen molar-refractivity contribution in [3.05, 3.63) is 36.2 Å². The molecule has 3 rings (SSSR count). The van der Waals surface area contributed by atoms with Crippen molar-refractivity contribution >= 4 is 5.91 Å². The Kier molecular flexibility index (Phi) is 4.47. The maximum atomic E-state index is 12.1. The highest BCUT2D eigenvalue weighted by atomic mass is 16.3. The van der Waals surface area contributed by atoms with E-state index in [2.05, 4.69) is 15.4 Å². The van der Waals surface area contributed by atoms with E-state index in [1.54, 1.807) is 12.4 Å². The molecule has 0 unspecified atom stereocenters. The number of rotatable bonds is 5. The van der Waals surface area contributed by atoms with Crippen molar-refractivity contribution in [2.75, 3.05) is 0 Å². The molecular formula is C16H23N5O2. The first-order valence-electron chi connectivity index (χ1n) is 8.01. The first-order chi connectivity index (χ1) is 11.1. The molecule has 0 saturated heterocycles. The molecular weight excluding hydrogens is 294 g/mol. The number of carbonyl (C=O) groups excluding carboxylic acids is 1. The Bertz CT molecular complexity index is 678. The fraction of sp³-hybridized carbons (Fsp3) is 0.562. The van der Waals surface area contributed by atoms with Gasteiger partial charge in [-0.2, -0.15) is 5.10 Å². The summed E-state index contributed by atoms with van der Waals surface area (Å²) in [6.45, 7) is 4.44. The molecule has 1 fully saturated rings. The summed E-state index contributed by atoms with van der Waals surface area (Å²) in [5, 5.41) is 17.6. The Hall–Kier alpha value is -2.15. The third-order valence-electron chi connectivity index (χ3n) is 4.63. The van der Waals surface area contributed by atoms with Crippen molar-refractivity contribution in [3.63, 3.8) is 0 Å². The van der Waals surface area contributed by atoms with Gasteiger partial charge in [-0.15, -0.1) is 0 Å². The minimum absolute atomic E-state index is 0.0174. The molecule has 2 heterocycles. The molecule has 0 radical (unpaired) electrons. The summed E-state index contributed by atoms with van der Waals surface area (Å²) in [5.41, 5.74) is 1.04. The number of amides is 1. The van der Waals surface area contributed by atoms with Crippen molar-refractivity contribution in [1.82, 2.24) is 24.6 Å². The fourth-order valence-electron chi connectivity index (χ4n) is 3.28. The maximum absolute atomic E-state index is 12.1. The molecule has 0 aromatic carbocycles. The van der Waals surface area contributed by atoms with Gasteiger partial charge in [-0.25, -0.2) is 4.98 Å². The number of aliphatic hydroxyl groups excluding tert-OH is 1. The van der Waals surface area contributed by atoms with E-state index in [1.165, 1.54) is 0 Å². The first kappa shape index (κ1) is 15.7. The number of aryl methyl sites for hydroxylation is 3. The van der Waals surface area contributed by atoms with Crippen molar-refractivity contribution in [2.45, 2.75) is 57.8 Å². The highest BCUT2D eigenvalue weighted by Gasteiger charge is 2.36. The minimum atomic E-state index is -0.585. The van der Waals surface area contributed by atoms with Gasteiger partial charge in [0, 0.05) is 37.3 Å². The van der Waals surface area contributed by atoms with Gasteiger partial charge in [0.25, 0.3) is 0 Å². The van der Waals surface area contributed by atoms with Crippen LogP contribution in [-0.2, 0) is 11.3 Å². The van der Waals surface area contributed by atoms with Gasteiger partial charge in [0.05, 0.1) is 18.2 Å². The van der Waals surface area contributed by atoms with Crippen LogP contribution in [0.5, 0.6) is 0 Å². The zero-order valence-corrected chi connectivity index (χ0v) is 13.5. The van der Waals surface area contributed by atoms with E-state index in [-0.39, 0.29) is 18.0 Å². The second-order valence-corrected chi connectivity index (χ2v) is 6.14. The van der Waals surface area contributed by atoms with Crippen molar-refractivity contribution < 1.29 is 9.90 Å². The second-order valence-electron chi connectivity index (χ2n) is 6.14. The average molecular weight is 317 g/mol. The number of hydrogen-bond acceptors (Lipinski definition) is 4. The molecule has 124 valence electrons. The molecule has 7 nitrogen and oxygen atoms in total. The molecule has 2 N–H and O–H groups in total. The van der Waals surface area contributed by atoms with E-state index in [0.29, 0.717) is 13.0 Å². The van der Waals surface area contributed by atoms with Gasteiger partial charge in [0.2, 0.25) is 5.91 Å². The topological polar surface area (TPSA) is 85.0 Å². The molecule has 1 amide bonds. The predicted molar refractivity (Wildman–Crippen MR) is 84.8 cm³/mol. The number of aliphatic hydroxyl groups is 1. The maximum Gasteiger partial charge on any atom is 0.222 e. The second kappa shape index (κ2) is 6.54. The molecule has 0 bridgehead atoms. The van der Waals surface area contributed by atoms with Crippen LogP contribution < -0.4 is 5.32 Å². The van der Waals surface area contributed by atoms with Gasteiger partial charge < -0.3 is 15.0 Å². The number of hydrogen-bond donors (Lipinski definition) is 2. The van der Waals surface area contributed by atoms with Crippen LogP contribution in [0.15, 0.2) is 24.7 Å². The Balaban J connectivity index is 1.53. The predicted octanol–water partition coefficient (Wildman–Crippen LogP) is 0.967. The summed E-state index contributed by atoms with van der Waals surface area (Å²) in [6.07, 6.45) is 6.73. The largest absolute Gasteiger partial charge is 0.389 e. The number of carbonyl (C=O) groups is 1. The van der Waals surface area contributed by atoms with Gasteiger partial charge in [-0.1, -0.05) is 0 Å². The highest BCUT2D eigenvalue weighted by molar-refractivity contribution is 5.76. The average Bonchev–Trinajstić information content (AvgIpc) is 3.20. The van der Waals surface area contributed by atoms with E-state index >= 15 is 0 Å². The smallest absolute Gasteiger partial charge is 0.222 e. The minimum Gasteiger partial charge on any atom is -0.389 e. The van der Waals surface area contributed by atoms with Crippen LogP contribution in [0, 0.1) is 13.8 Å². The molecule has 0 spiro atoms. The first-order valence-corrected chi connectivity index (χ1v) is 8.01. The van der Waals surface area contributed by atoms with Gasteiger partial charge in [0.15, 0.2) is 0 Å². The zero-order valence-electron chi connectivity index (χ0n) is 13.5. The van der Waals surface area contributed by atoms with Gasteiger partial charge in [0.1, 0.15) is 5.82 Å². The summed E-state index contributed by atoms with van der Waals surface area (Å²) in [7, 11) is 0. The van der Waals surface area contributed by atoms with Crippen LogP contribution in [0.3, 0.4) is 0 Å². The number of imidazole rings is 1. The molecule has 1 saturated carbocycles. The quantitative estimate of drug-likeness (QED) is 0.860. The summed E-state index contributed by atoms with van der Waals surface area (Å²) < 4.78 is 3.80. The van der Waals surface area contributed by atoms with Crippen LogP contribution in [0.2, 0.25) is 0 Å². The Morgan fingerprint density at radius 1 is 1.39 bits per heavy atom. The van der Waals surface area contributed by atoms with E-state index in [0.717, 1.165) is 24.4 Å². The molecule has 7 heteroatoms. The Labute approximate surface area is 135 Å². The SMILES string of the molecule is Cc1nccn1[C@@H]1CC[C@@H](NC(=O)CCn2nccc2C)[C@H]1O. The van der Waals surface area contributed by atoms with E-state index < -0.39 is 6.10 Å². The monoisotopic (exact) mass is 317 g/mol. The lowest BCUT2D eigenvalue weighted by Crippen LogP contribution is -2.42. The van der Waals surface area contributed by atoms with Crippen molar-refractivity contribution in [1.29, 1.82) is 0 Å². The lowest BCUT2D eigenvalue weighted by atomic mass is 10.1. The third-order valence-corrected chi connectivity index (χ3v) is 4.63. The molecule has 1 aliphatic rings. The van der Waals surface area contributed by atoms with E-state index in [9.17, 15) is 9.90 Å². The standard InChI is InChI=1S/C16H23N5O2/c1-11-5-7-18-21(11)9-6-15(22)19-13-3-4-14(16(13)23)20-10-8-17-12(20)2/h5,7-8,10,13-14,16,23H,3-4,6,9H2,1-2H3,(H,19,22)/t13-,14-,16-/m1/s1. The summed E-state index contributed by atoms with van der Waals surface area (Å²) >= 11 is 0. The molecule has 2 aromatic heterocycles. The molecule has 3 atom stereocenters. The number of nitrogens with one attached hydrogen (secondary N) is 1. The summed E-state index contributed by atoms with van der Waals surface area (Å²) in [6, 6.07) is 1.70. The van der Waals surface area contributed by atoms with E-state index in [4.69, 9.17) is 0 Å². The third kappa shape index (κ3) is 3.29. The van der Waals surface area contributed by atoms with Crippen LogP contribution in [0.1, 0.15) is 36.8 Å². The van der Waals surface area contributed by atoms with Crippen LogP contribution in [0.25, 0.3) is 0 Å². The number of nitrogens with zero attached hydrogens (tertiary/aromatic N) is 4. The highest BCUT2D eigenvalue weighted by Crippen LogP contribution is 2.31. The van der Waals surface area contributed by atoms with Crippen LogP contribution in [-0.4, -0.2) is 42.5 Å². The van der Waals surface area contributed by atoms with Crippen LogP contribution >= 0.6 is 0 Å². The van der Waals surface area contributed by atoms with Gasteiger partial charge >= 0.3 is 0 Å². The number of aromatic nitrogens is 4. The van der Waals surface area contributed by atoms with Crippen molar-refractivity contribution in [3.8, 4) is 0 Å². The van der Waals surface area contributed by atoms with Crippen molar-refractivity contribution in [2.24, 2.45) is 0 Å². The summed E-state index contributed by atoms with van der Waals surface area (Å²) in [5.74, 6) is 0.835. The van der Waals surface area contributed by atoms with Crippen LogP contribution in [0.4, 0.5) is 0 Å². The van der Waals surface area contributed by atoms with Gasteiger partial charge in [-0.3, -0.25) is 9.48 Å². The fourth-order valence-corrected chi connectivity index (χ4v) is 3.28. The Morgan fingerprint density at radius 2 is 2.22 bits per heavy atom. The molecule has 1 aliphatic carbocycles.